The molecule has 0 aliphatic heterocycles. The van der Waals surface area contributed by atoms with E-state index in [9.17, 15) is 4.39 Å². The number of rotatable bonds is 4. The molecule has 0 amide bonds. The first-order chi connectivity index (χ1) is 7.04. The highest BCUT2D eigenvalue weighted by atomic mass is 35.5. The molecule has 3 nitrogen and oxygen atoms in total. The Kier molecular flexibility index (Phi) is 4.57. The summed E-state index contributed by atoms with van der Waals surface area (Å²) in [6.07, 6.45) is -0.124. The van der Waals surface area contributed by atoms with Gasteiger partial charge >= 0.3 is 0 Å². The molecule has 0 saturated heterocycles. The number of ether oxygens (including phenoxy) is 2. The van der Waals surface area contributed by atoms with E-state index in [-0.39, 0.29) is 28.6 Å². The van der Waals surface area contributed by atoms with Gasteiger partial charge in [-0.3, -0.25) is 0 Å². The van der Waals surface area contributed by atoms with Crippen molar-refractivity contribution in [2.45, 2.75) is 13.0 Å². The SMILES string of the molecule is COC(C)COc1nc(F)c(Cl)cc1Cl. The lowest BCUT2D eigenvalue weighted by molar-refractivity contribution is 0.0696. The van der Waals surface area contributed by atoms with Crippen LogP contribution in [-0.2, 0) is 4.74 Å². The zero-order valence-electron chi connectivity index (χ0n) is 8.26. The van der Waals surface area contributed by atoms with Gasteiger partial charge in [0.25, 0.3) is 0 Å². The van der Waals surface area contributed by atoms with Crippen LogP contribution in [0.1, 0.15) is 6.92 Å². The summed E-state index contributed by atoms with van der Waals surface area (Å²) in [5.41, 5.74) is 0. The van der Waals surface area contributed by atoms with E-state index in [1.54, 1.807) is 14.0 Å². The first-order valence-corrected chi connectivity index (χ1v) is 4.97. The number of aromatic nitrogens is 1. The molecule has 0 N–H and O–H groups in total. The normalized spacial score (nSPS) is 12.6. The van der Waals surface area contributed by atoms with Crippen LogP contribution in [0.25, 0.3) is 0 Å². The fourth-order valence-corrected chi connectivity index (χ4v) is 1.21. The minimum absolute atomic E-state index is 0.0162. The lowest BCUT2D eigenvalue weighted by Crippen LogP contribution is -2.16. The predicted molar refractivity (Wildman–Crippen MR) is 56.2 cm³/mol. The Morgan fingerprint density at radius 1 is 1.47 bits per heavy atom. The summed E-state index contributed by atoms with van der Waals surface area (Å²) in [5.74, 6) is -0.788. The van der Waals surface area contributed by atoms with Crippen LogP contribution in [0.15, 0.2) is 6.07 Å². The lowest BCUT2D eigenvalue weighted by atomic mass is 10.4. The van der Waals surface area contributed by atoms with E-state index in [0.717, 1.165) is 0 Å². The molecule has 0 bridgehead atoms. The summed E-state index contributed by atoms with van der Waals surface area (Å²) < 4.78 is 23.1. The van der Waals surface area contributed by atoms with E-state index in [1.807, 2.05) is 0 Å². The minimum Gasteiger partial charge on any atom is -0.474 e. The van der Waals surface area contributed by atoms with Crippen molar-refractivity contribution in [3.05, 3.63) is 22.1 Å². The van der Waals surface area contributed by atoms with Gasteiger partial charge in [-0.15, -0.1) is 0 Å². The monoisotopic (exact) mass is 253 g/mol. The molecule has 0 aromatic carbocycles. The zero-order chi connectivity index (χ0) is 11.4. The molecular formula is C9H10Cl2FNO2. The van der Waals surface area contributed by atoms with Gasteiger partial charge in [0, 0.05) is 7.11 Å². The number of nitrogens with zero attached hydrogens (tertiary/aromatic N) is 1. The number of pyridine rings is 1. The molecule has 1 heterocycles. The van der Waals surface area contributed by atoms with E-state index < -0.39 is 5.95 Å². The maximum atomic E-state index is 13.0. The molecule has 1 aromatic heterocycles. The standard InChI is InChI=1S/C9H10Cl2FNO2/c1-5(14-2)4-15-9-7(11)3-6(10)8(12)13-9/h3,5H,4H2,1-2H3. The van der Waals surface area contributed by atoms with Crippen molar-refractivity contribution in [1.82, 2.24) is 4.98 Å². The van der Waals surface area contributed by atoms with Gasteiger partial charge in [0.05, 0.1) is 11.1 Å². The van der Waals surface area contributed by atoms with Gasteiger partial charge in [-0.2, -0.15) is 9.37 Å². The third kappa shape index (κ3) is 3.48. The van der Waals surface area contributed by atoms with Crippen molar-refractivity contribution < 1.29 is 13.9 Å². The molecule has 0 saturated carbocycles. The Labute approximate surface area is 97.1 Å². The molecule has 15 heavy (non-hydrogen) atoms. The number of methoxy groups -OCH3 is 1. The first-order valence-electron chi connectivity index (χ1n) is 4.21. The smallest absolute Gasteiger partial charge is 0.235 e. The lowest BCUT2D eigenvalue weighted by Gasteiger charge is -2.11. The van der Waals surface area contributed by atoms with Crippen molar-refractivity contribution >= 4 is 23.2 Å². The Balaban J connectivity index is 2.73. The summed E-state index contributed by atoms with van der Waals surface area (Å²) in [6.45, 7) is 2.05. The summed E-state index contributed by atoms with van der Waals surface area (Å²) in [5, 5.41) is 0.0387. The van der Waals surface area contributed by atoms with Crippen molar-refractivity contribution in [3.63, 3.8) is 0 Å². The third-order valence-corrected chi connectivity index (χ3v) is 2.25. The highest BCUT2D eigenvalue weighted by molar-refractivity contribution is 6.35. The maximum Gasteiger partial charge on any atom is 0.235 e. The highest BCUT2D eigenvalue weighted by Gasteiger charge is 2.11. The molecule has 1 aromatic rings. The number of halogens is 3. The van der Waals surface area contributed by atoms with Crippen LogP contribution < -0.4 is 4.74 Å². The average Bonchev–Trinajstić information content (AvgIpc) is 2.21. The van der Waals surface area contributed by atoms with Gasteiger partial charge in [-0.25, -0.2) is 0 Å². The Morgan fingerprint density at radius 2 is 2.13 bits per heavy atom. The fourth-order valence-electron chi connectivity index (χ4n) is 0.794. The molecule has 84 valence electrons. The molecule has 6 heteroatoms. The molecule has 0 aliphatic carbocycles. The van der Waals surface area contributed by atoms with E-state index in [4.69, 9.17) is 32.7 Å². The van der Waals surface area contributed by atoms with Crippen molar-refractivity contribution in [2.75, 3.05) is 13.7 Å². The molecule has 1 atom stereocenters. The quantitative estimate of drug-likeness (QED) is 0.774. The number of hydrogen-bond donors (Lipinski definition) is 0. The van der Waals surface area contributed by atoms with Crippen LogP contribution in [0.2, 0.25) is 10.0 Å². The highest BCUT2D eigenvalue weighted by Crippen LogP contribution is 2.26. The molecule has 0 radical (unpaired) electrons. The van der Waals surface area contributed by atoms with Crippen molar-refractivity contribution in [1.29, 1.82) is 0 Å². The van der Waals surface area contributed by atoms with Crippen LogP contribution in [0.3, 0.4) is 0 Å². The molecule has 1 unspecified atom stereocenters. The molecule has 0 spiro atoms. The van der Waals surface area contributed by atoms with E-state index in [1.165, 1.54) is 6.07 Å². The van der Waals surface area contributed by atoms with Crippen LogP contribution in [-0.4, -0.2) is 24.8 Å². The van der Waals surface area contributed by atoms with Gasteiger partial charge in [0.15, 0.2) is 0 Å². The van der Waals surface area contributed by atoms with Gasteiger partial charge in [0.1, 0.15) is 11.6 Å². The summed E-state index contributed by atoms with van der Waals surface area (Å²) in [4.78, 5) is 3.47. The predicted octanol–water partition coefficient (Wildman–Crippen LogP) is 2.94. The number of hydrogen-bond acceptors (Lipinski definition) is 3. The average molecular weight is 254 g/mol. The van der Waals surface area contributed by atoms with Gasteiger partial charge < -0.3 is 9.47 Å². The summed E-state index contributed by atoms with van der Waals surface area (Å²) in [6, 6.07) is 1.25. The van der Waals surface area contributed by atoms with Crippen LogP contribution in [0.5, 0.6) is 5.88 Å². The van der Waals surface area contributed by atoms with E-state index in [2.05, 4.69) is 4.98 Å². The second-order valence-corrected chi connectivity index (χ2v) is 3.72. The third-order valence-electron chi connectivity index (χ3n) is 1.71. The maximum absolute atomic E-state index is 13.0. The molecule has 0 fully saturated rings. The van der Waals surface area contributed by atoms with Crippen LogP contribution >= 0.6 is 23.2 Å². The Morgan fingerprint density at radius 3 is 2.73 bits per heavy atom. The second kappa shape index (κ2) is 5.49. The molecular weight excluding hydrogens is 244 g/mol. The minimum atomic E-state index is -0.805. The van der Waals surface area contributed by atoms with Gasteiger partial charge in [0.2, 0.25) is 11.8 Å². The molecule has 0 aliphatic rings. The van der Waals surface area contributed by atoms with Crippen LogP contribution in [0.4, 0.5) is 4.39 Å². The zero-order valence-corrected chi connectivity index (χ0v) is 9.77. The van der Waals surface area contributed by atoms with E-state index >= 15 is 0 Å². The molecule has 1 rings (SSSR count). The largest absolute Gasteiger partial charge is 0.474 e. The second-order valence-electron chi connectivity index (χ2n) is 2.91. The van der Waals surface area contributed by atoms with E-state index in [0.29, 0.717) is 0 Å². The van der Waals surface area contributed by atoms with Gasteiger partial charge in [-0.05, 0) is 13.0 Å². The Bertz CT molecular complexity index is 349. The van der Waals surface area contributed by atoms with Gasteiger partial charge in [-0.1, -0.05) is 23.2 Å². The van der Waals surface area contributed by atoms with Crippen molar-refractivity contribution in [3.8, 4) is 5.88 Å². The summed E-state index contributed by atoms with van der Waals surface area (Å²) >= 11 is 11.2. The Hall–Kier alpha value is -0.580. The summed E-state index contributed by atoms with van der Waals surface area (Å²) in [7, 11) is 1.55. The topological polar surface area (TPSA) is 31.4 Å². The first kappa shape index (κ1) is 12.5. The van der Waals surface area contributed by atoms with Crippen LogP contribution in [0, 0.1) is 5.95 Å². The fraction of sp³-hybridized carbons (Fsp3) is 0.444. The van der Waals surface area contributed by atoms with Crippen molar-refractivity contribution in [2.24, 2.45) is 0 Å².